The van der Waals surface area contributed by atoms with Crippen molar-refractivity contribution in [2.45, 2.75) is 20.0 Å². The van der Waals surface area contributed by atoms with Crippen LogP contribution in [-0.2, 0) is 13.1 Å². The summed E-state index contributed by atoms with van der Waals surface area (Å²) >= 11 is 0. The molecule has 2 aromatic carbocycles. The van der Waals surface area contributed by atoms with E-state index in [-0.39, 0.29) is 11.7 Å². The maximum atomic E-state index is 12.9. The number of carbonyl (C=O) groups excluding carboxylic acids is 1. The Morgan fingerprint density at radius 2 is 1.77 bits per heavy atom. The van der Waals surface area contributed by atoms with Crippen molar-refractivity contribution in [2.24, 2.45) is 0 Å². The number of hydrogen-bond donors (Lipinski definition) is 2. The summed E-state index contributed by atoms with van der Waals surface area (Å²) in [7, 11) is 0. The van der Waals surface area contributed by atoms with E-state index >= 15 is 0 Å². The number of nitrogens with zero attached hydrogens (tertiary/aromatic N) is 1. The summed E-state index contributed by atoms with van der Waals surface area (Å²) in [6.07, 6.45) is 1.62. The van der Waals surface area contributed by atoms with Crippen molar-refractivity contribution in [3.05, 3.63) is 95.1 Å². The molecule has 0 fully saturated rings. The molecule has 0 radical (unpaired) electrons. The number of amides is 1. The maximum Gasteiger partial charge on any atom is 0.270 e. The molecule has 1 amide bonds. The Kier molecular flexibility index (Phi) is 5.59. The Morgan fingerprint density at radius 1 is 1.00 bits per heavy atom. The minimum atomic E-state index is -0.253. The number of rotatable bonds is 6. The Labute approximate surface area is 152 Å². The molecule has 2 N–H and O–H groups in total. The molecular formula is C21H20FN3O. The molecular weight excluding hydrogens is 329 g/mol. The number of halogens is 1. The van der Waals surface area contributed by atoms with Gasteiger partial charge in [-0.2, -0.15) is 0 Å². The predicted octanol–water partition coefficient (Wildman–Crippen LogP) is 4.07. The molecule has 132 valence electrons. The Hall–Kier alpha value is -3.21. The summed E-state index contributed by atoms with van der Waals surface area (Å²) in [6.45, 7) is 3.04. The topological polar surface area (TPSA) is 54.0 Å². The molecule has 1 heterocycles. The zero-order valence-corrected chi connectivity index (χ0v) is 14.5. The molecule has 3 aromatic rings. The fourth-order valence-electron chi connectivity index (χ4n) is 2.51. The van der Waals surface area contributed by atoms with Gasteiger partial charge in [-0.3, -0.25) is 4.79 Å². The molecule has 3 rings (SSSR count). The molecule has 0 saturated carbocycles. The van der Waals surface area contributed by atoms with Gasteiger partial charge in [0.1, 0.15) is 11.5 Å². The van der Waals surface area contributed by atoms with E-state index in [1.165, 1.54) is 12.1 Å². The number of carbonyl (C=O) groups is 1. The first kappa shape index (κ1) is 17.6. The van der Waals surface area contributed by atoms with E-state index in [1.54, 1.807) is 30.5 Å². The molecule has 0 aliphatic rings. The first-order valence-corrected chi connectivity index (χ1v) is 8.39. The van der Waals surface area contributed by atoms with Gasteiger partial charge in [0.15, 0.2) is 0 Å². The lowest BCUT2D eigenvalue weighted by Crippen LogP contribution is -2.24. The second-order valence-electron chi connectivity index (χ2n) is 6.02. The van der Waals surface area contributed by atoms with E-state index in [2.05, 4.69) is 15.6 Å². The zero-order valence-electron chi connectivity index (χ0n) is 14.5. The molecule has 1 aromatic heterocycles. The van der Waals surface area contributed by atoms with Crippen LogP contribution in [0.25, 0.3) is 0 Å². The van der Waals surface area contributed by atoms with Gasteiger partial charge < -0.3 is 10.6 Å². The minimum absolute atomic E-state index is 0.210. The van der Waals surface area contributed by atoms with Crippen molar-refractivity contribution in [1.29, 1.82) is 0 Å². The van der Waals surface area contributed by atoms with Crippen LogP contribution in [0.3, 0.4) is 0 Å². The zero-order chi connectivity index (χ0) is 18.4. The fraction of sp³-hybridized carbons (Fsp3) is 0.143. The third-order valence-corrected chi connectivity index (χ3v) is 4.11. The van der Waals surface area contributed by atoms with Crippen LogP contribution in [0, 0.1) is 12.7 Å². The summed E-state index contributed by atoms with van der Waals surface area (Å²) in [4.78, 5) is 16.4. The van der Waals surface area contributed by atoms with Crippen molar-refractivity contribution >= 4 is 11.6 Å². The van der Waals surface area contributed by atoms with Crippen molar-refractivity contribution in [2.75, 3.05) is 5.32 Å². The molecule has 0 aliphatic carbocycles. The maximum absolute atomic E-state index is 12.9. The standard InChI is InChI=1S/C21H20FN3O/c1-15-4-2-3-5-17(15)13-25-21(26)20-11-10-19(14-24-20)23-12-16-6-8-18(22)9-7-16/h2-11,14,23H,12-13H2,1H3,(H,25,26). The number of aromatic nitrogens is 1. The van der Waals surface area contributed by atoms with Crippen LogP contribution in [0.5, 0.6) is 0 Å². The van der Waals surface area contributed by atoms with Crippen molar-refractivity contribution in [3.8, 4) is 0 Å². The summed E-state index contributed by atoms with van der Waals surface area (Å²) in [5.74, 6) is -0.463. The van der Waals surface area contributed by atoms with Gasteiger partial charge in [-0.15, -0.1) is 0 Å². The van der Waals surface area contributed by atoms with Crippen molar-refractivity contribution < 1.29 is 9.18 Å². The van der Waals surface area contributed by atoms with Crippen LogP contribution in [0.15, 0.2) is 66.9 Å². The highest BCUT2D eigenvalue weighted by atomic mass is 19.1. The van der Waals surface area contributed by atoms with Crippen LogP contribution >= 0.6 is 0 Å². The number of hydrogen-bond acceptors (Lipinski definition) is 3. The number of aryl methyl sites for hydroxylation is 1. The number of pyridine rings is 1. The molecule has 0 aliphatic heterocycles. The van der Waals surface area contributed by atoms with Crippen molar-refractivity contribution in [3.63, 3.8) is 0 Å². The van der Waals surface area contributed by atoms with Gasteiger partial charge in [0, 0.05) is 13.1 Å². The molecule has 0 unspecified atom stereocenters. The summed E-state index contributed by atoms with van der Waals surface area (Å²) < 4.78 is 12.9. The monoisotopic (exact) mass is 349 g/mol. The van der Waals surface area contributed by atoms with Gasteiger partial charge in [-0.25, -0.2) is 9.37 Å². The van der Waals surface area contributed by atoms with Gasteiger partial charge in [0.2, 0.25) is 0 Å². The third kappa shape index (κ3) is 4.66. The van der Waals surface area contributed by atoms with Gasteiger partial charge in [0.25, 0.3) is 5.91 Å². The first-order chi connectivity index (χ1) is 12.6. The van der Waals surface area contributed by atoms with Crippen LogP contribution in [0.1, 0.15) is 27.2 Å². The van der Waals surface area contributed by atoms with Crippen LogP contribution < -0.4 is 10.6 Å². The molecule has 4 nitrogen and oxygen atoms in total. The van der Waals surface area contributed by atoms with E-state index in [4.69, 9.17) is 0 Å². The fourth-order valence-corrected chi connectivity index (χ4v) is 2.51. The SMILES string of the molecule is Cc1ccccc1CNC(=O)c1ccc(NCc2ccc(F)cc2)cn1. The Balaban J connectivity index is 1.54. The predicted molar refractivity (Wildman–Crippen MR) is 100 cm³/mol. The molecule has 0 spiro atoms. The van der Waals surface area contributed by atoms with E-state index in [0.29, 0.717) is 18.8 Å². The van der Waals surface area contributed by atoms with Gasteiger partial charge in [-0.1, -0.05) is 36.4 Å². The second kappa shape index (κ2) is 8.25. The highest BCUT2D eigenvalue weighted by Crippen LogP contribution is 2.10. The third-order valence-electron chi connectivity index (χ3n) is 4.11. The second-order valence-corrected chi connectivity index (χ2v) is 6.02. The highest BCUT2D eigenvalue weighted by Gasteiger charge is 2.07. The van der Waals surface area contributed by atoms with Gasteiger partial charge in [-0.05, 0) is 47.9 Å². The minimum Gasteiger partial charge on any atom is -0.380 e. The number of nitrogens with one attached hydrogen (secondary N) is 2. The molecule has 0 bridgehead atoms. The largest absolute Gasteiger partial charge is 0.380 e. The van der Waals surface area contributed by atoms with Crippen molar-refractivity contribution in [1.82, 2.24) is 10.3 Å². The lowest BCUT2D eigenvalue weighted by Gasteiger charge is -2.09. The van der Waals surface area contributed by atoms with Crippen LogP contribution in [0.2, 0.25) is 0 Å². The lowest BCUT2D eigenvalue weighted by molar-refractivity contribution is 0.0946. The number of benzene rings is 2. The van der Waals surface area contributed by atoms with E-state index in [0.717, 1.165) is 22.4 Å². The Morgan fingerprint density at radius 3 is 2.46 bits per heavy atom. The highest BCUT2D eigenvalue weighted by molar-refractivity contribution is 5.92. The molecule has 26 heavy (non-hydrogen) atoms. The Bertz CT molecular complexity index is 877. The molecule has 0 atom stereocenters. The van der Waals surface area contributed by atoms with Gasteiger partial charge >= 0.3 is 0 Å². The normalized spacial score (nSPS) is 10.4. The van der Waals surface area contributed by atoms with Gasteiger partial charge in [0.05, 0.1) is 11.9 Å². The summed E-state index contributed by atoms with van der Waals surface area (Å²) in [5, 5.41) is 6.08. The van der Waals surface area contributed by atoms with E-state index in [9.17, 15) is 9.18 Å². The van der Waals surface area contributed by atoms with Crippen LogP contribution in [-0.4, -0.2) is 10.9 Å². The van der Waals surface area contributed by atoms with E-state index in [1.807, 2.05) is 31.2 Å². The average molecular weight is 349 g/mol. The molecule has 0 saturated heterocycles. The number of anilines is 1. The quantitative estimate of drug-likeness (QED) is 0.705. The summed E-state index contributed by atoms with van der Waals surface area (Å²) in [6, 6.07) is 17.7. The lowest BCUT2D eigenvalue weighted by atomic mass is 10.1. The average Bonchev–Trinajstić information content (AvgIpc) is 2.67. The van der Waals surface area contributed by atoms with Crippen LogP contribution in [0.4, 0.5) is 10.1 Å². The van der Waals surface area contributed by atoms with E-state index < -0.39 is 0 Å². The summed E-state index contributed by atoms with van der Waals surface area (Å²) in [5.41, 5.74) is 4.35. The smallest absolute Gasteiger partial charge is 0.270 e. The first-order valence-electron chi connectivity index (χ1n) is 8.39. The molecule has 5 heteroatoms.